The van der Waals surface area contributed by atoms with E-state index in [1.165, 1.54) is 11.2 Å². The van der Waals surface area contributed by atoms with Gasteiger partial charge in [0.25, 0.3) is 5.91 Å². The Balaban J connectivity index is 2.05. The Kier molecular flexibility index (Phi) is 3.93. The van der Waals surface area contributed by atoms with Crippen molar-refractivity contribution in [3.63, 3.8) is 0 Å². The van der Waals surface area contributed by atoms with E-state index in [2.05, 4.69) is 5.32 Å². The van der Waals surface area contributed by atoms with Crippen LogP contribution in [0.25, 0.3) is 0 Å². The van der Waals surface area contributed by atoms with Gasteiger partial charge >= 0.3 is 12.0 Å². The van der Waals surface area contributed by atoms with Crippen LogP contribution >= 0.6 is 0 Å². The van der Waals surface area contributed by atoms with Gasteiger partial charge in [-0.15, -0.1) is 0 Å². The van der Waals surface area contributed by atoms with Crippen LogP contribution in [-0.4, -0.2) is 60.1 Å². The highest BCUT2D eigenvalue weighted by molar-refractivity contribution is 7.89. The maximum atomic E-state index is 12.3. The van der Waals surface area contributed by atoms with Gasteiger partial charge in [-0.3, -0.25) is 14.9 Å². The van der Waals surface area contributed by atoms with Crippen LogP contribution in [0.3, 0.4) is 0 Å². The predicted octanol–water partition coefficient (Wildman–Crippen LogP) is -1.29. The first-order valence-corrected chi connectivity index (χ1v) is 8.09. The molecule has 3 amide bonds. The number of nitrogens with zero attached hydrogens (tertiary/aromatic N) is 1. The molecule has 10 heteroatoms. The zero-order chi connectivity index (χ0) is 15.8. The van der Waals surface area contributed by atoms with Gasteiger partial charge in [-0.2, -0.15) is 0 Å². The summed E-state index contributed by atoms with van der Waals surface area (Å²) in [7, 11) is -3.77. The van der Waals surface area contributed by atoms with E-state index < -0.39 is 45.1 Å². The number of carbonyl (C=O) groups is 3. The highest BCUT2D eigenvalue weighted by Gasteiger charge is 2.47. The molecule has 2 aliphatic heterocycles. The van der Waals surface area contributed by atoms with Gasteiger partial charge in [-0.25, -0.2) is 17.5 Å². The maximum absolute atomic E-state index is 12.3. The molecule has 9 nitrogen and oxygen atoms in total. The summed E-state index contributed by atoms with van der Waals surface area (Å²) in [6.07, 6.45) is 0.480. The van der Waals surface area contributed by atoms with Crippen LogP contribution in [0.5, 0.6) is 0 Å². The van der Waals surface area contributed by atoms with Crippen LogP contribution in [0.4, 0.5) is 4.79 Å². The summed E-state index contributed by atoms with van der Waals surface area (Å²) in [4.78, 5) is 33.6. The van der Waals surface area contributed by atoms with E-state index in [4.69, 9.17) is 5.11 Å². The van der Waals surface area contributed by atoms with Crippen LogP contribution < -0.4 is 10.6 Å². The zero-order valence-electron chi connectivity index (χ0n) is 11.5. The van der Waals surface area contributed by atoms with Crippen molar-refractivity contribution in [2.24, 2.45) is 5.92 Å². The maximum Gasteiger partial charge on any atom is 0.322 e. The van der Waals surface area contributed by atoms with Gasteiger partial charge in [0.1, 0.15) is 5.54 Å². The number of carbonyl (C=O) groups excluding carboxylic acids is 2. The molecule has 0 saturated carbocycles. The van der Waals surface area contributed by atoms with Gasteiger partial charge < -0.3 is 10.4 Å². The van der Waals surface area contributed by atoms with E-state index >= 15 is 0 Å². The Morgan fingerprint density at radius 2 is 1.95 bits per heavy atom. The van der Waals surface area contributed by atoms with Crippen molar-refractivity contribution >= 4 is 27.9 Å². The number of rotatable bonds is 4. The number of carboxylic acid groups (broad SMARTS) is 1. The molecule has 0 unspecified atom stereocenters. The molecule has 2 rings (SSSR count). The largest absolute Gasteiger partial charge is 0.481 e. The second-order valence-electron chi connectivity index (χ2n) is 5.51. The number of nitrogens with one attached hydrogen (secondary N) is 2. The minimum atomic E-state index is -3.77. The molecule has 3 N–H and O–H groups in total. The second kappa shape index (κ2) is 5.26. The number of aliphatic carboxylic acids is 1. The lowest BCUT2D eigenvalue weighted by Gasteiger charge is -2.31. The van der Waals surface area contributed by atoms with Gasteiger partial charge in [-0.1, -0.05) is 0 Å². The van der Waals surface area contributed by atoms with E-state index in [1.54, 1.807) is 0 Å². The minimum absolute atomic E-state index is 0.102. The molecule has 118 valence electrons. The fourth-order valence-corrected chi connectivity index (χ4v) is 4.40. The molecule has 0 aromatic carbocycles. The lowest BCUT2D eigenvalue weighted by molar-refractivity contribution is -0.142. The molecule has 2 aliphatic rings. The fraction of sp³-hybridized carbons (Fsp3) is 0.727. The van der Waals surface area contributed by atoms with E-state index in [0.717, 1.165) is 0 Å². The minimum Gasteiger partial charge on any atom is -0.481 e. The topological polar surface area (TPSA) is 133 Å². The summed E-state index contributed by atoms with van der Waals surface area (Å²) in [6, 6.07) is -0.720. The number of sulfonamides is 1. The molecule has 0 bridgehead atoms. The van der Waals surface area contributed by atoms with Gasteiger partial charge in [-0.05, 0) is 19.8 Å². The van der Waals surface area contributed by atoms with Crippen molar-refractivity contribution in [1.82, 2.24) is 14.9 Å². The molecular formula is C11H17N3O6S. The molecule has 21 heavy (non-hydrogen) atoms. The Morgan fingerprint density at radius 1 is 1.38 bits per heavy atom. The first kappa shape index (κ1) is 15.7. The lowest BCUT2D eigenvalue weighted by Crippen LogP contribution is -2.53. The van der Waals surface area contributed by atoms with Crippen molar-refractivity contribution in [2.75, 3.05) is 18.8 Å². The average Bonchev–Trinajstić information content (AvgIpc) is 2.61. The summed E-state index contributed by atoms with van der Waals surface area (Å²) in [5, 5.41) is 13.2. The molecule has 0 spiro atoms. The van der Waals surface area contributed by atoms with Gasteiger partial charge in [0.2, 0.25) is 10.0 Å². The van der Waals surface area contributed by atoms with E-state index in [9.17, 15) is 22.8 Å². The SMILES string of the molecule is C[C@]1(CS(=O)(=O)N2CCC(C(=O)O)CC2)NC(=O)NC1=O. The summed E-state index contributed by atoms with van der Waals surface area (Å²) >= 11 is 0. The number of hydrogen-bond donors (Lipinski definition) is 3. The van der Waals surface area contributed by atoms with E-state index in [1.807, 2.05) is 5.32 Å². The van der Waals surface area contributed by atoms with Crippen LogP contribution in [-0.2, 0) is 19.6 Å². The number of piperidine rings is 1. The van der Waals surface area contributed by atoms with Gasteiger partial charge in [0.05, 0.1) is 11.7 Å². The first-order chi connectivity index (χ1) is 9.64. The molecule has 1 atom stereocenters. The van der Waals surface area contributed by atoms with Crippen LogP contribution in [0, 0.1) is 5.92 Å². The summed E-state index contributed by atoms with van der Waals surface area (Å²) in [6.45, 7) is 1.55. The van der Waals surface area contributed by atoms with Crippen LogP contribution in [0.1, 0.15) is 19.8 Å². The van der Waals surface area contributed by atoms with E-state index in [-0.39, 0.29) is 25.9 Å². The Labute approximate surface area is 121 Å². The third-order valence-electron chi connectivity index (χ3n) is 3.79. The van der Waals surface area contributed by atoms with Crippen molar-refractivity contribution in [3.05, 3.63) is 0 Å². The molecule has 2 heterocycles. The van der Waals surface area contributed by atoms with Crippen molar-refractivity contribution in [1.29, 1.82) is 0 Å². The summed E-state index contributed by atoms with van der Waals surface area (Å²) in [5.41, 5.74) is -1.50. The summed E-state index contributed by atoms with van der Waals surface area (Å²) in [5.74, 6) is -2.70. The van der Waals surface area contributed by atoms with Crippen LogP contribution in [0.15, 0.2) is 0 Å². The van der Waals surface area contributed by atoms with Gasteiger partial charge in [0.15, 0.2) is 0 Å². The molecule has 0 aliphatic carbocycles. The number of amides is 3. The molecule has 2 saturated heterocycles. The van der Waals surface area contributed by atoms with Crippen molar-refractivity contribution in [3.8, 4) is 0 Å². The highest BCUT2D eigenvalue weighted by Crippen LogP contribution is 2.22. The number of hydrogen-bond acceptors (Lipinski definition) is 5. The smallest absolute Gasteiger partial charge is 0.322 e. The first-order valence-electron chi connectivity index (χ1n) is 6.48. The predicted molar refractivity (Wildman–Crippen MR) is 70.8 cm³/mol. The number of urea groups is 1. The fourth-order valence-electron chi connectivity index (χ4n) is 2.52. The Bertz CT molecular complexity index is 581. The third-order valence-corrected chi connectivity index (χ3v) is 5.88. The highest BCUT2D eigenvalue weighted by atomic mass is 32.2. The Morgan fingerprint density at radius 3 is 2.38 bits per heavy atom. The zero-order valence-corrected chi connectivity index (χ0v) is 12.3. The third kappa shape index (κ3) is 3.16. The second-order valence-corrected chi connectivity index (χ2v) is 7.48. The number of imide groups is 1. The number of carboxylic acids is 1. The molecule has 0 aromatic heterocycles. The van der Waals surface area contributed by atoms with Crippen molar-refractivity contribution in [2.45, 2.75) is 25.3 Å². The lowest BCUT2D eigenvalue weighted by atomic mass is 9.99. The van der Waals surface area contributed by atoms with Crippen molar-refractivity contribution < 1.29 is 27.9 Å². The molecule has 2 fully saturated rings. The molecule has 0 radical (unpaired) electrons. The standard InChI is InChI=1S/C11H17N3O6S/c1-11(9(17)12-10(18)13-11)6-21(19,20)14-4-2-7(3-5-14)8(15)16/h7H,2-6H2,1H3,(H,15,16)(H2,12,13,17,18)/t11-/m1/s1. The molecular weight excluding hydrogens is 302 g/mol. The quantitative estimate of drug-likeness (QED) is 0.552. The normalized spacial score (nSPS) is 28.2. The van der Waals surface area contributed by atoms with Crippen LogP contribution in [0.2, 0.25) is 0 Å². The summed E-state index contributed by atoms with van der Waals surface area (Å²) < 4.78 is 25.8. The molecule has 0 aromatic rings. The average molecular weight is 319 g/mol. The van der Waals surface area contributed by atoms with Gasteiger partial charge in [0, 0.05) is 13.1 Å². The van der Waals surface area contributed by atoms with E-state index in [0.29, 0.717) is 0 Å². The monoisotopic (exact) mass is 319 g/mol. The Hall–Kier alpha value is -1.68.